The Hall–Kier alpha value is -4.00. The molecule has 0 aliphatic carbocycles. The molecule has 6 N–H and O–H groups in total. The molecule has 2 heterocycles. The fourth-order valence-electron chi connectivity index (χ4n) is 4.49. The Morgan fingerprint density at radius 1 is 1.15 bits per heavy atom. The standard InChI is InChI=1S/C28H29N5O5S2/c1-16-5-7-17(8-6-16)18-3-2-4-19(9-18)27(36)31-12-25(35)33-13-21(40-38)11-23(33)28(37)32-22(14-34)24-10-20(15-39-24)26(29)30/h2-10,15,21-23,34H,11-14H2,1H3,(H4-,29,30,31,32,36,37)/p+1/t21-,22-,23+/m1/s1. The van der Waals surface area contributed by atoms with E-state index in [1.165, 1.54) is 16.2 Å². The summed E-state index contributed by atoms with van der Waals surface area (Å²) in [6.07, 6.45) is 0.152. The average molecular weight is 581 g/mol. The number of amides is 3. The lowest BCUT2D eigenvalue weighted by molar-refractivity contribution is -0.138. The highest BCUT2D eigenvalue weighted by Crippen LogP contribution is 2.25. The summed E-state index contributed by atoms with van der Waals surface area (Å²) in [6, 6.07) is 14.9. The molecular weight excluding hydrogens is 550 g/mol. The molecule has 1 aliphatic rings. The second-order valence-corrected chi connectivity index (χ2v) is 11.3. The van der Waals surface area contributed by atoms with E-state index >= 15 is 0 Å². The van der Waals surface area contributed by atoms with Gasteiger partial charge in [0, 0.05) is 32.0 Å². The second-order valence-electron chi connectivity index (χ2n) is 9.54. The molecule has 12 heteroatoms. The molecular formula is C28H30N5O5S2+. The van der Waals surface area contributed by atoms with Crippen molar-refractivity contribution in [2.75, 3.05) is 19.7 Å². The maximum atomic E-state index is 13.2. The number of nitrogens with zero attached hydrogens (tertiary/aromatic N) is 1. The van der Waals surface area contributed by atoms with Crippen LogP contribution in [0.5, 0.6) is 0 Å². The van der Waals surface area contributed by atoms with Crippen LogP contribution in [0.2, 0.25) is 0 Å². The van der Waals surface area contributed by atoms with Crippen LogP contribution in [-0.4, -0.2) is 64.6 Å². The first-order chi connectivity index (χ1) is 19.2. The Morgan fingerprint density at radius 2 is 1.90 bits per heavy atom. The van der Waals surface area contributed by atoms with E-state index in [9.17, 15) is 23.7 Å². The monoisotopic (exact) mass is 580 g/mol. The lowest BCUT2D eigenvalue weighted by Crippen LogP contribution is -2.49. The number of aryl methyl sites for hydroxylation is 1. The largest absolute Gasteiger partial charge is 0.464 e. The summed E-state index contributed by atoms with van der Waals surface area (Å²) in [4.78, 5) is 41.1. The van der Waals surface area contributed by atoms with Gasteiger partial charge in [-0.15, -0.1) is 11.3 Å². The van der Waals surface area contributed by atoms with E-state index in [-0.39, 0.29) is 25.3 Å². The van der Waals surface area contributed by atoms with E-state index in [2.05, 4.69) is 10.6 Å². The summed E-state index contributed by atoms with van der Waals surface area (Å²) in [5, 5.41) is 24.0. The number of nitrogen functional groups attached to an aromatic ring is 1. The molecule has 3 atom stereocenters. The predicted molar refractivity (Wildman–Crippen MR) is 154 cm³/mol. The number of hydrogen-bond donors (Lipinski definition) is 5. The predicted octanol–water partition coefficient (Wildman–Crippen LogP) is 1.98. The van der Waals surface area contributed by atoms with E-state index in [1.807, 2.05) is 37.3 Å². The molecule has 0 unspecified atom stereocenters. The number of amidine groups is 1. The van der Waals surface area contributed by atoms with Crippen molar-refractivity contribution >= 4 is 46.6 Å². The van der Waals surface area contributed by atoms with Crippen LogP contribution in [0, 0.1) is 12.3 Å². The third-order valence-corrected chi connectivity index (χ3v) is 8.36. The molecule has 1 saturated heterocycles. The molecule has 10 nitrogen and oxygen atoms in total. The van der Waals surface area contributed by atoms with Crippen molar-refractivity contribution < 1.29 is 23.7 Å². The Kier molecular flexibility index (Phi) is 9.35. The first-order valence-electron chi connectivity index (χ1n) is 12.6. The molecule has 208 valence electrons. The molecule has 4 rings (SSSR count). The van der Waals surface area contributed by atoms with Crippen LogP contribution in [0.25, 0.3) is 11.1 Å². The summed E-state index contributed by atoms with van der Waals surface area (Å²) in [5.41, 5.74) is 9.34. The third-order valence-electron chi connectivity index (χ3n) is 6.70. The minimum Gasteiger partial charge on any atom is -0.394 e. The quantitative estimate of drug-likeness (QED) is 0.140. The van der Waals surface area contributed by atoms with Crippen LogP contribution in [0.3, 0.4) is 0 Å². The molecule has 3 amide bonds. The molecule has 2 aromatic carbocycles. The number of thiophene rings is 1. The summed E-state index contributed by atoms with van der Waals surface area (Å²) >= 11 is 1.57. The first kappa shape index (κ1) is 29.0. The zero-order chi connectivity index (χ0) is 28.8. The number of hydrogen-bond acceptors (Lipinski definition) is 7. The molecule has 1 aliphatic heterocycles. The normalized spacial score (nSPS) is 17.2. The van der Waals surface area contributed by atoms with Crippen molar-refractivity contribution in [3.63, 3.8) is 0 Å². The zero-order valence-corrected chi connectivity index (χ0v) is 23.4. The molecule has 0 bridgehead atoms. The smallest absolute Gasteiger partial charge is 0.394 e. The van der Waals surface area contributed by atoms with Crippen molar-refractivity contribution in [1.29, 1.82) is 5.41 Å². The van der Waals surface area contributed by atoms with E-state index < -0.39 is 41.7 Å². The van der Waals surface area contributed by atoms with Crippen molar-refractivity contribution in [3.05, 3.63) is 81.5 Å². The Labute approximate surface area is 239 Å². The van der Waals surface area contributed by atoms with Gasteiger partial charge in [0.2, 0.25) is 11.8 Å². The molecule has 0 spiro atoms. The summed E-state index contributed by atoms with van der Waals surface area (Å²) < 4.78 is 11.6. The van der Waals surface area contributed by atoms with Gasteiger partial charge < -0.3 is 26.4 Å². The highest BCUT2D eigenvalue weighted by molar-refractivity contribution is 7.66. The van der Waals surface area contributed by atoms with Gasteiger partial charge in [0.1, 0.15) is 11.9 Å². The Bertz CT molecular complexity index is 1420. The van der Waals surface area contributed by atoms with Crippen molar-refractivity contribution in [3.8, 4) is 11.1 Å². The minimum atomic E-state index is -0.929. The number of likely N-dealkylation sites (tertiary alicyclic amines) is 1. The number of nitrogens with one attached hydrogen (secondary N) is 3. The topological polar surface area (TPSA) is 166 Å². The SMILES string of the molecule is Cc1ccc(-c2cccc(C(=O)NCC(=O)N3C[C@H]([S+]=O)C[C@H]3C(=O)N[C@H](CO)c3cc(C(=N)N)cs3)c2)cc1. The third kappa shape index (κ3) is 6.76. The highest BCUT2D eigenvalue weighted by atomic mass is 32.1. The summed E-state index contributed by atoms with van der Waals surface area (Å²) in [7, 11) is 0. The zero-order valence-electron chi connectivity index (χ0n) is 21.8. The second kappa shape index (κ2) is 12.9. The lowest BCUT2D eigenvalue weighted by Gasteiger charge is -2.25. The number of nitrogens with two attached hydrogens (primary N) is 1. The van der Waals surface area contributed by atoms with Gasteiger partial charge in [-0.05, 0) is 36.2 Å². The summed E-state index contributed by atoms with van der Waals surface area (Å²) in [6.45, 7) is 1.32. The van der Waals surface area contributed by atoms with E-state index in [4.69, 9.17) is 11.1 Å². The number of carbonyl (C=O) groups is 3. The van der Waals surface area contributed by atoms with Crippen molar-refractivity contribution in [1.82, 2.24) is 15.5 Å². The van der Waals surface area contributed by atoms with Gasteiger partial charge in [-0.1, -0.05) is 42.0 Å². The highest BCUT2D eigenvalue weighted by Gasteiger charge is 2.46. The van der Waals surface area contributed by atoms with Crippen LogP contribution in [0.15, 0.2) is 60.0 Å². The average Bonchev–Trinajstić information content (AvgIpc) is 3.63. The van der Waals surface area contributed by atoms with Crippen LogP contribution >= 0.6 is 11.3 Å². The molecule has 0 saturated carbocycles. The minimum absolute atomic E-state index is 0.0706. The number of aliphatic hydroxyl groups excluding tert-OH is 1. The summed E-state index contributed by atoms with van der Waals surface area (Å²) in [5.74, 6) is -1.57. The van der Waals surface area contributed by atoms with Gasteiger partial charge in [0.25, 0.3) is 11.2 Å². The van der Waals surface area contributed by atoms with Gasteiger partial charge in [-0.2, -0.15) is 0 Å². The molecule has 1 aromatic heterocycles. The number of carbonyl (C=O) groups excluding carboxylic acids is 3. The van der Waals surface area contributed by atoms with Gasteiger partial charge in [-0.3, -0.25) is 19.8 Å². The maximum Gasteiger partial charge on any atom is 0.464 e. The Balaban J connectivity index is 1.41. The molecule has 40 heavy (non-hydrogen) atoms. The van der Waals surface area contributed by atoms with Crippen molar-refractivity contribution in [2.24, 2.45) is 5.73 Å². The van der Waals surface area contributed by atoms with Crippen LogP contribution < -0.4 is 16.4 Å². The first-order valence-corrected chi connectivity index (χ1v) is 14.3. The van der Waals surface area contributed by atoms with Gasteiger partial charge in [-0.25, -0.2) is 0 Å². The van der Waals surface area contributed by atoms with Crippen molar-refractivity contribution in [2.45, 2.75) is 30.7 Å². The lowest BCUT2D eigenvalue weighted by atomic mass is 10.0. The number of aliphatic hydroxyl groups is 1. The van der Waals surface area contributed by atoms with E-state index in [1.54, 1.807) is 29.6 Å². The van der Waals surface area contributed by atoms with Crippen LogP contribution in [0.1, 0.15) is 38.8 Å². The van der Waals surface area contributed by atoms with Gasteiger partial charge in [0.15, 0.2) is 0 Å². The van der Waals surface area contributed by atoms with Gasteiger partial charge in [0.05, 0.1) is 25.7 Å². The fourth-order valence-corrected chi connectivity index (χ4v) is 5.92. The number of rotatable bonds is 10. The van der Waals surface area contributed by atoms with Crippen LogP contribution in [0.4, 0.5) is 0 Å². The number of benzene rings is 2. The van der Waals surface area contributed by atoms with E-state index in [0.717, 1.165) is 16.7 Å². The molecule has 1 fully saturated rings. The van der Waals surface area contributed by atoms with Gasteiger partial charge >= 0.3 is 11.7 Å². The maximum absolute atomic E-state index is 13.2. The Morgan fingerprint density at radius 3 is 2.55 bits per heavy atom. The fraction of sp³-hybridized carbons (Fsp3) is 0.286. The molecule has 3 aromatic rings. The van der Waals surface area contributed by atoms with E-state index in [0.29, 0.717) is 27.7 Å². The van der Waals surface area contributed by atoms with Crippen LogP contribution in [-0.2, 0) is 25.5 Å². The molecule has 0 radical (unpaired) electrons.